The smallest absolute Gasteiger partial charge is 0.191 e. The first kappa shape index (κ1) is 16.9. The standard InChI is InChI=1S/C17H24N8/c1-13(2)12-24-9-7-19-15(24)10-20-17(18-3)21-11-16-23-22-14-6-4-5-8-25(14)16/h4-9,13H,10-12H2,1-3H3,(H2,18,20,21). The van der Waals surface area contributed by atoms with Crippen molar-refractivity contribution in [2.45, 2.75) is 33.5 Å². The molecule has 0 aliphatic heterocycles. The fourth-order valence-electron chi connectivity index (χ4n) is 2.62. The minimum absolute atomic E-state index is 0.533. The Morgan fingerprint density at radius 1 is 1.12 bits per heavy atom. The molecule has 0 atom stereocenters. The topological polar surface area (TPSA) is 84.4 Å². The Bertz CT molecular complexity index is 845. The fourth-order valence-corrected chi connectivity index (χ4v) is 2.62. The quantitative estimate of drug-likeness (QED) is 0.524. The van der Waals surface area contributed by atoms with E-state index in [1.807, 2.05) is 41.2 Å². The molecule has 0 unspecified atom stereocenters. The van der Waals surface area contributed by atoms with Gasteiger partial charge in [0.05, 0.1) is 13.1 Å². The molecule has 0 aliphatic carbocycles. The maximum Gasteiger partial charge on any atom is 0.191 e. The molecule has 8 nitrogen and oxygen atoms in total. The van der Waals surface area contributed by atoms with E-state index < -0.39 is 0 Å². The minimum atomic E-state index is 0.533. The number of rotatable bonds is 6. The lowest BCUT2D eigenvalue weighted by molar-refractivity contribution is 0.503. The Hall–Kier alpha value is -2.90. The van der Waals surface area contributed by atoms with E-state index in [0.29, 0.717) is 25.0 Å². The van der Waals surface area contributed by atoms with Crippen molar-refractivity contribution in [2.24, 2.45) is 10.9 Å². The van der Waals surface area contributed by atoms with Gasteiger partial charge < -0.3 is 15.2 Å². The van der Waals surface area contributed by atoms with Gasteiger partial charge in [0.2, 0.25) is 0 Å². The number of hydrogen-bond acceptors (Lipinski definition) is 4. The van der Waals surface area contributed by atoms with Gasteiger partial charge in [0.15, 0.2) is 17.4 Å². The summed E-state index contributed by atoms with van der Waals surface area (Å²) < 4.78 is 4.12. The first-order chi connectivity index (χ1) is 12.2. The molecule has 0 spiro atoms. The molecule has 0 fully saturated rings. The molecule has 0 bridgehead atoms. The molecule has 0 saturated heterocycles. The van der Waals surface area contributed by atoms with Crippen molar-refractivity contribution in [1.82, 2.24) is 34.8 Å². The second kappa shape index (κ2) is 7.78. The highest BCUT2D eigenvalue weighted by Gasteiger charge is 2.08. The summed E-state index contributed by atoms with van der Waals surface area (Å²) in [7, 11) is 1.75. The van der Waals surface area contributed by atoms with Gasteiger partial charge in [-0.1, -0.05) is 19.9 Å². The SMILES string of the molecule is CN=C(NCc1nccn1CC(C)C)NCc1nnc2ccccn12. The third kappa shape index (κ3) is 4.14. The number of hydrogen-bond donors (Lipinski definition) is 2. The largest absolute Gasteiger partial charge is 0.349 e. The number of pyridine rings is 1. The molecule has 0 aromatic carbocycles. The van der Waals surface area contributed by atoms with Gasteiger partial charge in [-0.05, 0) is 18.1 Å². The lowest BCUT2D eigenvalue weighted by Crippen LogP contribution is -2.37. The monoisotopic (exact) mass is 340 g/mol. The number of nitrogens with zero attached hydrogens (tertiary/aromatic N) is 6. The van der Waals surface area contributed by atoms with Gasteiger partial charge >= 0.3 is 0 Å². The third-order valence-electron chi connectivity index (χ3n) is 3.80. The van der Waals surface area contributed by atoms with Crippen LogP contribution in [-0.2, 0) is 19.6 Å². The van der Waals surface area contributed by atoms with E-state index in [0.717, 1.165) is 23.8 Å². The number of aromatic nitrogens is 5. The van der Waals surface area contributed by atoms with E-state index in [1.165, 1.54) is 0 Å². The zero-order chi connectivity index (χ0) is 17.6. The van der Waals surface area contributed by atoms with Crippen LogP contribution in [0.25, 0.3) is 5.65 Å². The van der Waals surface area contributed by atoms with Gasteiger partial charge in [0.25, 0.3) is 0 Å². The van der Waals surface area contributed by atoms with Gasteiger partial charge in [-0.3, -0.25) is 9.39 Å². The zero-order valence-electron chi connectivity index (χ0n) is 14.8. The summed E-state index contributed by atoms with van der Waals surface area (Å²) in [5.74, 6) is 3.10. The van der Waals surface area contributed by atoms with Crippen molar-refractivity contribution in [3.63, 3.8) is 0 Å². The van der Waals surface area contributed by atoms with Crippen molar-refractivity contribution in [1.29, 1.82) is 0 Å². The molecule has 25 heavy (non-hydrogen) atoms. The molecule has 8 heteroatoms. The Balaban J connectivity index is 1.58. The van der Waals surface area contributed by atoms with Crippen molar-refractivity contribution in [2.75, 3.05) is 7.05 Å². The lowest BCUT2D eigenvalue weighted by atomic mass is 10.2. The molecule has 0 aliphatic rings. The molecule has 0 amide bonds. The average molecular weight is 340 g/mol. The van der Waals surface area contributed by atoms with E-state index in [9.17, 15) is 0 Å². The van der Waals surface area contributed by atoms with Crippen LogP contribution in [0.2, 0.25) is 0 Å². The van der Waals surface area contributed by atoms with Crippen molar-refractivity contribution >= 4 is 11.6 Å². The van der Waals surface area contributed by atoms with Gasteiger partial charge in [-0.25, -0.2) is 4.98 Å². The number of fused-ring (bicyclic) bond motifs is 1. The Labute approximate surface area is 147 Å². The Kier molecular flexibility index (Phi) is 5.27. The summed E-state index contributed by atoms with van der Waals surface area (Å²) in [6, 6.07) is 5.83. The summed E-state index contributed by atoms with van der Waals surface area (Å²) in [5.41, 5.74) is 0.831. The summed E-state index contributed by atoms with van der Waals surface area (Å²) in [6.45, 7) is 6.49. The molecule has 3 aromatic heterocycles. The predicted molar refractivity (Wildman–Crippen MR) is 97.1 cm³/mol. The number of aliphatic imine (C=N–C) groups is 1. The van der Waals surface area contributed by atoms with Gasteiger partial charge in [-0.15, -0.1) is 10.2 Å². The van der Waals surface area contributed by atoms with Crippen LogP contribution in [0.15, 0.2) is 41.8 Å². The number of imidazole rings is 1. The van der Waals surface area contributed by atoms with Gasteiger partial charge in [0.1, 0.15) is 5.82 Å². The Morgan fingerprint density at radius 3 is 2.68 bits per heavy atom. The first-order valence-corrected chi connectivity index (χ1v) is 8.40. The molecule has 2 N–H and O–H groups in total. The van der Waals surface area contributed by atoms with Crippen LogP contribution in [-0.4, -0.2) is 37.2 Å². The average Bonchev–Trinajstić information content (AvgIpc) is 3.21. The third-order valence-corrected chi connectivity index (χ3v) is 3.80. The maximum absolute atomic E-state index is 4.42. The summed E-state index contributed by atoms with van der Waals surface area (Å²) in [4.78, 5) is 8.68. The molecule has 3 aromatic rings. The van der Waals surface area contributed by atoms with E-state index in [4.69, 9.17) is 0 Å². The highest BCUT2D eigenvalue weighted by Crippen LogP contribution is 2.04. The first-order valence-electron chi connectivity index (χ1n) is 8.40. The van der Waals surface area contributed by atoms with E-state index in [-0.39, 0.29) is 0 Å². The van der Waals surface area contributed by atoms with E-state index in [1.54, 1.807) is 7.05 Å². The molecule has 3 rings (SSSR count). The van der Waals surface area contributed by atoms with E-state index in [2.05, 4.69) is 49.2 Å². The number of nitrogens with one attached hydrogen (secondary N) is 2. The van der Waals surface area contributed by atoms with Crippen LogP contribution in [0.4, 0.5) is 0 Å². The zero-order valence-corrected chi connectivity index (χ0v) is 14.8. The Morgan fingerprint density at radius 2 is 1.92 bits per heavy atom. The van der Waals surface area contributed by atoms with Crippen LogP contribution in [0, 0.1) is 5.92 Å². The second-order valence-electron chi connectivity index (χ2n) is 6.21. The maximum atomic E-state index is 4.42. The molecular weight excluding hydrogens is 316 g/mol. The minimum Gasteiger partial charge on any atom is -0.349 e. The molecular formula is C17H24N8. The predicted octanol–water partition coefficient (Wildman–Crippen LogP) is 1.45. The molecule has 0 radical (unpaired) electrons. The van der Waals surface area contributed by atoms with E-state index >= 15 is 0 Å². The highest BCUT2D eigenvalue weighted by atomic mass is 15.3. The van der Waals surface area contributed by atoms with Crippen LogP contribution >= 0.6 is 0 Å². The van der Waals surface area contributed by atoms with Crippen LogP contribution in [0.1, 0.15) is 25.5 Å². The molecule has 132 valence electrons. The number of guanidine groups is 1. The van der Waals surface area contributed by atoms with Crippen molar-refractivity contribution in [3.8, 4) is 0 Å². The summed E-state index contributed by atoms with van der Waals surface area (Å²) in [6.07, 6.45) is 5.79. The fraction of sp³-hybridized carbons (Fsp3) is 0.412. The second-order valence-corrected chi connectivity index (χ2v) is 6.21. The van der Waals surface area contributed by atoms with Gasteiger partial charge in [-0.2, -0.15) is 0 Å². The lowest BCUT2D eigenvalue weighted by Gasteiger charge is -2.13. The van der Waals surface area contributed by atoms with Crippen LogP contribution in [0.5, 0.6) is 0 Å². The molecule has 3 heterocycles. The highest BCUT2D eigenvalue weighted by molar-refractivity contribution is 5.79. The van der Waals surface area contributed by atoms with Crippen molar-refractivity contribution < 1.29 is 0 Å². The normalized spacial score (nSPS) is 12.1. The summed E-state index contributed by atoms with van der Waals surface area (Å²) >= 11 is 0. The molecule has 0 saturated carbocycles. The van der Waals surface area contributed by atoms with Gasteiger partial charge in [0, 0.05) is 32.2 Å². The van der Waals surface area contributed by atoms with Crippen LogP contribution < -0.4 is 10.6 Å². The van der Waals surface area contributed by atoms with Crippen molar-refractivity contribution in [3.05, 3.63) is 48.4 Å². The summed E-state index contributed by atoms with van der Waals surface area (Å²) in [5, 5.41) is 14.9. The van der Waals surface area contributed by atoms with Crippen LogP contribution in [0.3, 0.4) is 0 Å².